The van der Waals surface area contributed by atoms with Crippen LogP contribution in [0.3, 0.4) is 0 Å². The van der Waals surface area contributed by atoms with Crippen LogP contribution in [-0.2, 0) is 4.74 Å². The van der Waals surface area contributed by atoms with Crippen molar-refractivity contribution in [3.8, 4) is 5.75 Å². The molecule has 3 rings (SSSR count). The molecule has 2 saturated heterocycles. The number of benzene rings is 1. The van der Waals surface area contributed by atoms with Gasteiger partial charge in [-0.15, -0.1) is 0 Å². The van der Waals surface area contributed by atoms with E-state index in [1.807, 2.05) is 0 Å². The molecule has 134 valence electrons. The average Bonchev–Trinajstić information content (AvgIpc) is 2.93. The number of rotatable bonds is 5. The monoisotopic (exact) mass is 332 g/mol. The third kappa shape index (κ3) is 4.11. The van der Waals surface area contributed by atoms with Gasteiger partial charge in [-0.25, -0.2) is 0 Å². The summed E-state index contributed by atoms with van der Waals surface area (Å²) in [5, 5.41) is 3.84. The Hall–Kier alpha value is -1.10. The largest absolute Gasteiger partial charge is 0.497 e. The highest BCUT2D eigenvalue weighted by Crippen LogP contribution is 2.36. The summed E-state index contributed by atoms with van der Waals surface area (Å²) in [5.41, 5.74) is 1.40. The van der Waals surface area contributed by atoms with Crippen molar-refractivity contribution in [2.24, 2.45) is 5.92 Å². The molecule has 1 N–H and O–H groups in total. The van der Waals surface area contributed by atoms with Gasteiger partial charge in [-0.3, -0.25) is 4.90 Å². The predicted molar refractivity (Wildman–Crippen MR) is 97.5 cm³/mol. The van der Waals surface area contributed by atoms with Gasteiger partial charge in [0.1, 0.15) is 5.75 Å². The van der Waals surface area contributed by atoms with Gasteiger partial charge >= 0.3 is 0 Å². The molecule has 2 aliphatic heterocycles. The molecule has 4 heteroatoms. The second-order valence-electron chi connectivity index (χ2n) is 7.58. The zero-order chi connectivity index (χ0) is 17.1. The maximum atomic E-state index is 5.86. The van der Waals surface area contributed by atoms with Gasteiger partial charge in [-0.2, -0.15) is 0 Å². The first kappa shape index (κ1) is 17.7. The van der Waals surface area contributed by atoms with Gasteiger partial charge < -0.3 is 14.8 Å². The molecule has 4 unspecified atom stereocenters. The number of nitrogens with one attached hydrogen (secondary N) is 1. The fourth-order valence-corrected chi connectivity index (χ4v) is 4.46. The fourth-order valence-electron chi connectivity index (χ4n) is 4.46. The molecular formula is C20H32N2O2. The molecule has 1 aromatic rings. The van der Waals surface area contributed by atoms with Gasteiger partial charge in [-0.1, -0.05) is 12.1 Å². The highest BCUT2D eigenvalue weighted by Gasteiger charge is 2.34. The van der Waals surface area contributed by atoms with E-state index >= 15 is 0 Å². The molecule has 0 bridgehead atoms. The second-order valence-corrected chi connectivity index (χ2v) is 7.58. The Balaban J connectivity index is 1.61. The van der Waals surface area contributed by atoms with Crippen LogP contribution in [0.1, 0.15) is 44.7 Å². The Morgan fingerprint density at radius 3 is 2.46 bits per heavy atom. The lowest BCUT2D eigenvalue weighted by Crippen LogP contribution is -2.43. The minimum absolute atomic E-state index is 0.370. The van der Waals surface area contributed by atoms with E-state index in [0.717, 1.165) is 25.1 Å². The number of ether oxygens (including phenoxy) is 2. The Morgan fingerprint density at radius 1 is 1.17 bits per heavy atom. The summed E-state index contributed by atoms with van der Waals surface area (Å²) < 4.78 is 11.2. The normalized spacial score (nSPS) is 34.4. The van der Waals surface area contributed by atoms with Gasteiger partial charge in [-0.05, 0) is 70.3 Å². The molecule has 0 amide bonds. The molecule has 24 heavy (non-hydrogen) atoms. The molecule has 2 heterocycles. The van der Waals surface area contributed by atoms with Crippen LogP contribution in [-0.4, -0.2) is 50.4 Å². The van der Waals surface area contributed by atoms with E-state index in [9.17, 15) is 0 Å². The van der Waals surface area contributed by atoms with Crippen molar-refractivity contribution < 1.29 is 9.47 Å². The minimum atomic E-state index is 0.370. The van der Waals surface area contributed by atoms with Crippen LogP contribution in [0.25, 0.3) is 0 Å². The lowest BCUT2D eigenvalue weighted by Gasteiger charge is -2.34. The zero-order valence-electron chi connectivity index (χ0n) is 15.5. The quantitative estimate of drug-likeness (QED) is 0.897. The van der Waals surface area contributed by atoms with Crippen molar-refractivity contribution in [2.75, 3.05) is 27.2 Å². The maximum absolute atomic E-state index is 5.86. The van der Waals surface area contributed by atoms with E-state index in [1.54, 1.807) is 7.11 Å². The summed E-state index contributed by atoms with van der Waals surface area (Å²) in [4.78, 5) is 2.49. The average molecular weight is 332 g/mol. The summed E-state index contributed by atoms with van der Waals surface area (Å²) >= 11 is 0. The highest BCUT2D eigenvalue weighted by molar-refractivity contribution is 5.30. The topological polar surface area (TPSA) is 33.7 Å². The summed E-state index contributed by atoms with van der Waals surface area (Å²) in [5.74, 6) is 1.59. The van der Waals surface area contributed by atoms with E-state index in [1.165, 1.54) is 18.5 Å². The summed E-state index contributed by atoms with van der Waals surface area (Å²) in [6, 6.07) is 9.68. The van der Waals surface area contributed by atoms with Gasteiger partial charge in [0.15, 0.2) is 0 Å². The number of methoxy groups -OCH3 is 1. The van der Waals surface area contributed by atoms with Gasteiger partial charge in [0.2, 0.25) is 0 Å². The summed E-state index contributed by atoms with van der Waals surface area (Å²) in [6.07, 6.45) is 4.25. The zero-order valence-corrected chi connectivity index (χ0v) is 15.5. The smallest absolute Gasteiger partial charge is 0.118 e. The van der Waals surface area contributed by atoms with Crippen LogP contribution >= 0.6 is 0 Å². The second kappa shape index (κ2) is 7.85. The van der Waals surface area contributed by atoms with Crippen molar-refractivity contribution in [1.29, 1.82) is 0 Å². The third-order valence-corrected chi connectivity index (χ3v) is 5.60. The first-order chi connectivity index (χ1) is 11.6. The van der Waals surface area contributed by atoms with Crippen LogP contribution < -0.4 is 10.1 Å². The molecule has 0 aromatic heterocycles. The molecule has 0 aliphatic carbocycles. The fraction of sp³-hybridized carbons (Fsp3) is 0.700. The molecule has 4 nitrogen and oxygen atoms in total. The van der Waals surface area contributed by atoms with E-state index in [-0.39, 0.29) is 0 Å². The minimum Gasteiger partial charge on any atom is -0.497 e. The summed E-state index contributed by atoms with van der Waals surface area (Å²) in [6.45, 7) is 6.64. The first-order valence-corrected chi connectivity index (χ1v) is 9.30. The number of hydrogen-bond acceptors (Lipinski definition) is 4. The maximum Gasteiger partial charge on any atom is 0.118 e. The predicted octanol–water partition coefficient (Wildman–Crippen LogP) is 3.23. The van der Waals surface area contributed by atoms with Gasteiger partial charge in [0.05, 0.1) is 19.3 Å². The van der Waals surface area contributed by atoms with Crippen molar-refractivity contribution in [3.05, 3.63) is 29.8 Å². The Labute approximate surface area is 146 Å². The lowest BCUT2D eigenvalue weighted by molar-refractivity contribution is -0.0425. The molecule has 0 saturated carbocycles. The molecule has 0 radical (unpaired) electrons. The van der Waals surface area contributed by atoms with Crippen LogP contribution in [0.4, 0.5) is 0 Å². The Morgan fingerprint density at radius 2 is 1.83 bits per heavy atom. The molecule has 0 spiro atoms. The molecule has 4 atom stereocenters. The van der Waals surface area contributed by atoms with Crippen molar-refractivity contribution in [2.45, 2.75) is 57.4 Å². The summed E-state index contributed by atoms with van der Waals surface area (Å²) in [7, 11) is 3.97. The van der Waals surface area contributed by atoms with E-state index in [4.69, 9.17) is 9.47 Å². The molecular weight excluding hydrogens is 300 g/mol. The number of nitrogens with zero attached hydrogens (tertiary/aromatic N) is 1. The van der Waals surface area contributed by atoms with Crippen LogP contribution in [0.15, 0.2) is 24.3 Å². The molecule has 2 fully saturated rings. The van der Waals surface area contributed by atoms with Crippen molar-refractivity contribution >= 4 is 0 Å². The van der Waals surface area contributed by atoms with Crippen LogP contribution in [0.2, 0.25) is 0 Å². The van der Waals surface area contributed by atoms with E-state index in [2.05, 4.69) is 55.4 Å². The Kier molecular flexibility index (Phi) is 5.80. The SMILES string of the molecule is COc1ccc(C2C(CNC3CC(C)OC(C)C3)CCN2C)cc1. The van der Waals surface area contributed by atoms with Crippen LogP contribution in [0.5, 0.6) is 5.75 Å². The van der Waals surface area contributed by atoms with Crippen LogP contribution in [0, 0.1) is 5.92 Å². The van der Waals surface area contributed by atoms with E-state index < -0.39 is 0 Å². The van der Waals surface area contributed by atoms with Gasteiger partial charge in [0.25, 0.3) is 0 Å². The first-order valence-electron chi connectivity index (χ1n) is 9.30. The number of hydrogen-bond donors (Lipinski definition) is 1. The van der Waals surface area contributed by atoms with Crippen molar-refractivity contribution in [3.63, 3.8) is 0 Å². The third-order valence-electron chi connectivity index (χ3n) is 5.60. The highest BCUT2D eigenvalue weighted by atomic mass is 16.5. The standard InChI is InChI=1S/C20H32N2O2/c1-14-11-18(12-15(2)24-14)21-13-17-9-10-22(3)20(17)16-5-7-19(23-4)8-6-16/h5-8,14-15,17-18,20-21H,9-13H2,1-4H3. The van der Waals surface area contributed by atoms with E-state index in [0.29, 0.717) is 30.2 Å². The van der Waals surface area contributed by atoms with Gasteiger partial charge in [0, 0.05) is 18.6 Å². The molecule has 2 aliphatic rings. The Bertz CT molecular complexity index is 509. The lowest BCUT2D eigenvalue weighted by atomic mass is 9.92. The van der Waals surface area contributed by atoms with Crippen molar-refractivity contribution in [1.82, 2.24) is 10.2 Å². The molecule has 1 aromatic carbocycles. The number of likely N-dealkylation sites (tertiary alicyclic amines) is 1.